The quantitative estimate of drug-likeness (QED) is 0.822. The van der Waals surface area contributed by atoms with E-state index in [1.807, 2.05) is 0 Å². The topological polar surface area (TPSA) is 56.3 Å². The van der Waals surface area contributed by atoms with E-state index in [-0.39, 0.29) is 0 Å². The van der Waals surface area contributed by atoms with Crippen LogP contribution < -0.4 is 20.4 Å². The third-order valence-corrected chi connectivity index (χ3v) is 5.05. The third kappa shape index (κ3) is 3.37. The summed E-state index contributed by atoms with van der Waals surface area (Å²) in [6.45, 7) is 3.85. The average Bonchev–Trinajstić information content (AvgIpc) is 3.30. The molecule has 2 aliphatic rings. The Hall–Kier alpha value is -2.41. The molecule has 6 nitrogen and oxygen atoms in total. The van der Waals surface area contributed by atoms with Crippen LogP contribution in [0.15, 0.2) is 30.3 Å². The lowest BCUT2D eigenvalue weighted by Crippen LogP contribution is -2.27. The zero-order valence-corrected chi connectivity index (χ0v) is 15.1. The number of fused-ring (bicyclic) bond motifs is 1. The van der Waals surface area contributed by atoms with Gasteiger partial charge in [-0.2, -0.15) is 9.97 Å². The maximum Gasteiger partial charge on any atom is 0.232 e. The van der Waals surface area contributed by atoms with Crippen molar-refractivity contribution >= 4 is 34.9 Å². The number of rotatable bonds is 3. The number of benzene rings is 1. The number of thiocarbonyl (C=S) groups is 1. The predicted molar refractivity (Wildman–Crippen MR) is 105 cm³/mol. The van der Waals surface area contributed by atoms with E-state index in [2.05, 4.69) is 55.7 Å². The molecule has 2 N–H and O–H groups in total. The molecular formula is C18H22N6S. The van der Waals surface area contributed by atoms with Crippen molar-refractivity contribution in [2.24, 2.45) is 0 Å². The second kappa shape index (κ2) is 6.84. The first-order valence-electron chi connectivity index (χ1n) is 8.67. The van der Waals surface area contributed by atoms with Crippen LogP contribution in [-0.2, 0) is 13.1 Å². The van der Waals surface area contributed by atoms with Crippen LogP contribution in [0.4, 0.5) is 17.6 Å². The fraction of sp³-hybridized carbons (Fsp3) is 0.389. The van der Waals surface area contributed by atoms with Crippen molar-refractivity contribution in [1.82, 2.24) is 15.3 Å². The molecule has 2 aliphatic heterocycles. The number of hydrogen-bond acceptors (Lipinski definition) is 5. The lowest BCUT2D eigenvalue weighted by molar-refractivity contribution is 0.845. The van der Waals surface area contributed by atoms with E-state index in [1.54, 1.807) is 7.05 Å². The highest BCUT2D eigenvalue weighted by Crippen LogP contribution is 2.30. The third-order valence-electron chi connectivity index (χ3n) is 4.75. The summed E-state index contributed by atoms with van der Waals surface area (Å²) in [7, 11) is 1.79. The Labute approximate surface area is 153 Å². The smallest absolute Gasteiger partial charge is 0.232 e. The Kier molecular flexibility index (Phi) is 4.40. The second-order valence-electron chi connectivity index (χ2n) is 6.43. The normalized spacial score (nSPS) is 16.0. The van der Waals surface area contributed by atoms with E-state index in [0.29, 0.717) is 11.1 Å². The van der Waals surface area contributed by atoms with Crippen molar-refractivity contribution in [1.29, 1.82) is 0 Å². The zero-order chi connectivity index (χ0) is 17.2. The minimum absolute atomic E-state index is 0.522. The number of nitrogens with one attached hydrogen (secondary N) is 2. The molecule has 0 bridgehead atoms. The molecule has 4 rings (SSSR count). The van der Waals surface area contributed by atoms with E-state index in [4.69, 9.17) is 17.2 Å². The van der Waals surface area contributed by atoms with Gasteiger partial charge in [0.15, 0.2) is 5.11 Å². The van der Waals surface area contributed by atoms with Gasteiger partial charge in [0.2, 0.25) is 5.95 Å². The molecule has 7 heteroatoms. The van der Waals surface area contributed by atoms with Crippen LogP contribution in [0.3, 0.4) is 0 Å². The van der Waals surface area contributed by atoms with Crippen LogP contribution in [0, 0.1) is 0 Å². The lowest BCUT2D eigenvalue weighted by atomic mass is 10.1. The van der Waals surface area contributed by atoms with Crippen molar-refractivity contribution in [2.45, 2.75) is 25.9 Å². The maximum absolute atomic E-state index is 5.22. The van der Waals surface area contributed by atoms with Crippen molar-refractivity contribution < 1.29 is 0 Å². The largest absolute Gasteiger partial charge is 0.365 e. The number of nitrogens with zero attached hydrogens (tertiary/aromatic N) is 4. The summed E-state index contributed by atoms with van der Waals surface area (Å²) in [4.78, 5) is 14.0. The van der Waals surface area contributed by atoms with Crippen LogP contribution >= 0.6 is 12.2 Å². The number of anilines is 3. The molecule has 0 atom stereocenters. The predicted octanol–water partition coefficient (Wildman–Crippen LogP) is 2.51. The Morgan fingerprint density at radius 2 is 1.60 bits per heavy atom. The zero-order valence-electron chi connectivity index (χ0n) is 14.3. The first kappa shape index (κ1) is 16.1. The first-order valence-corrected chi connectivity index (χ1v) is 9.08. The Balaban J connectivity index is 1.65. The molecule has 0 aliphatic carbocycles. The lowest BCUT2D eigenvalue weighted by Gasteiger charge is -2.22. The first-order chi connectivity index (χ1) is 12.2. The molecular weight excluding hydrogens is 332 g/mol. The summed E-state index contributed by atoms with van der Waals surface area (Å²) in [5.74, 6) is 2.46. The molecule has 0 radical (unpaired) electrons. The van der Waals surface area contributed by atoms with Gasteiger partial charge in [-0.05, 0) is 36.2 Å². The fourth-order valence-electron chi connectivity index (χ4n) is 3.41. The minimum atomic E-state index is 0.522. The van der Waals surface area contributed by atoms with Gasteiger partial charge in [0.25, 0.3) is 0 Å². The molecule has 0 spiro atoms. The van der Waals surface area contributed by atoms with Gasteiger partial charge in [-0.1, -0.05) is 24.3 Å². The summed E-state index contributed by atoms with van der Waals surface area (Å²) in [6.07, 6.45) is 2.43. The van der Waals surface area contributed by atoms with Crippen LogP contribution in [0.2, 0.25) is 0 Å². The van der Waals surface area contributed by atoms with Gasteiger partial charge in [0.1, 0.15) is 11.6 Å². The SMILES string of the molecule is CNC(=S)Nc1nc(N2CCCC2)cc(N2Cc3ccccc3C2)n1. The summed E-state index contributed by atoms with van der Waals surface area (Å²) in [5.41, 5.74) is 2.73. The number of hydrogen-bond donors (Lipinski definition) is 2. The number of aromatic nitrogens is 2. The molecule has 0 saturated carbocycles. The van der Waals surface area contributed by atoms with Gasteiger partial charge >= 0.3 is 0 Å². The van der Waals surface area contributed by atoms with E-state index in [9.17, 15) is 0 Å². The monoisotopic (exact) mass is 354 g/mol. The molecule has 1 aromatic carbocycles. The van der Waals surface area contributed by atoms with Crippen LogP contribution in [0.1, 0.15) is 24.0 Å². The van der Waals surface area contributed by atoms with E-state index < -0.39 is 0 Å². The Morgan fingerprint density at radius 1 is 1.00 bits per heavy atom. The van der Waals surface area contributed by atoms with E-state index in [0.717, 1.165) is 37.8 Å². The summed E-state index contributed by atoms with van der Waals surface area (Å²) in [6, 6.07) is 10.7. The Morgan fingerprint density at radius 3 is 2.20 bits per heavy atom. The van der Waals surface area contributed by atoms with Crippen molar-refractivity contribution in [3.05, 3.63) is 41.5 Å². The summed E-state index contributed by atoms with van der Waals surface area (Å²) in [5, 5.41) is 6.53. The molecule has 130 valence electrons. The summed E-state index contributed by atoms with van der Waals surface area (Å²) < 4.78 is 0. The molecule has 3 heterocycles. The highest BCUT2D eigenvalue weighted by Gasteiger charge is 2.23. The van der Waals surface area contributed by atoms with Gasteiger partial charge in [-0.3, -0.25) is 0 Å². The van der Waals surface area contributed by atoms with Crippen LogP contribution in [-0.4, -0.2) is 35.2 Å². The van der Waals surface area contributed by atoms with E-state index in [1.165, 1.54) is 24.0 Å². The highest BCUT2D eigenvalue weighted by atomic mass is 32.1. The average molecular weight is 354 g/mol. The molecule has 1 saturated heterocycles. The van der Waals surface area contributed by atoms with E-state index >= 15 is 0 Å². The van der Waals surface area contributed by atoms with Gasteiger partial charge in [-0.15, -0.1) is 0 Å². The Bertz CT molecular complexity index is 762. The molecule has 1 aromatic heterocycles. The highest BCUT2D eigenvalue weighted by molar-refractivity contribution is 7.80. The summed E-state index contributed by atoms with van der Waals surface area (Å²) >= 11 is 5.22. The molecule has 0 amide bonds. The van der Waals surface area contributed by atoms with Gasteiger partial charge < -0.3 is 20.4 Å². The fourth-order valence-corrected chi connectivity index (χ4v) is 3.50. The van der Waals surface area contributed by atoms with Gasteiger partial charge in [-0.25, -0.2) is 0 Å². The molecule has 0 unspecified atom stereocenters. The van der Waals surface area contributed by atoms with Gasteiger partial charge in [0, 0.05) is 39.3 Å². The van der Waals surface area contributed by atoms with Crippen molar-refractivity contribution in [3.8, 4) is 0 Å². The standard InChI is InChI=1S/C18H22N6S/c1-19-18(25)22-17-20-15(23-8-4-5-9-23)10-16(21-17)24-11-13-6-2-3-7-14(13)12-24/h2-3,6-7,10H,4-5,8-9,11-12H2,1H3,(H2,19,20,21,22,25). The maximum atomic E-state index is 5.22. The molecule has 2 aromatic rings. The van der Waals surface area contributed by atoms with Crippen molar-refractivity contribution in [2.75, 3.05) is 35.3 Å². The van der Waals surface area contributed by atoms with Crippen LogP contribution in [0.5, 0.6) is 0 Å². The van der Waals surface area contributed by atoms with Crippen LogP contribution in [0.25, 0.3) is 0 Å². The minimum Gasteiger partial charge on any atom is -0.365 e. The van der Waals surface area contributed by atoms with Crippen molar-refractivity contribution in [3.63, 3.8) is 0 Å². The van der Waals surface area contributed by atoms with Gasteiger partial charge in [0.05, 0.1) is 0 Å². The second-order valence-corrected chi connectivity index (χ2v) is 6.84. The molecule has 25 heavy (non-hydrogen) atoms. The molecule has 1 fully saturated rings.